The first-order valence-electron chi connectivity index (χ1n) is 8.35. The minimum absolute atomic E-state index is 0.0203. The molecule has 0 saturated carbocycles. The van der Waals surface area contributed by atoms with E-state index in [4.69, 9.17) is 4.42 Å². The fraction of sp³-hybridized carbons (Fsp3) is 0.438. The van der Waals surface area contributed by atoms with Crippen molar-refractivity contribution in [1.29, 1.82) is 0 Å². The van der Waals surface area contributed by atoms with E-state index in [1.807, 2.05) is 12.1 Å². The molecule has 0 aliphatic carbocycles. The number of nitrogens with zero attached hydrogens (tertiary/aromatic N) is 4. The number of nitrogens with one attached hydrogen (secondary N) is 1. The van der Waals surface area contributed by atoms with Crippen LogP contribution in [0.2, 0.25) is 0 Å². The highest BCUT2D eigenvalue weighted by molar-refractivity contribution is 7.15. The third kappa shape index (κ3) is 3.12. The molecule has 25 heavy (non-hydrogen) atoms. The lowest BCUT2D eigenvalue weighted by Gasteiger charge is -2.33. The smallest absolute Gasteiger partial charge is 0.372 e. The number of hydrogen-bond acceptors (Lipinski definition) is 7. The van der Waals surface area contributed by atoms with Crippen molar-refractivity contribution in [1.82, 2.24) is 14.3 Å². The summed E-state index contributed by atoms with van der Waals surface area (Å²) >= 11 is 1.38. The molecule has 0 aromatic carbocycles. The first-order chi connectivity index (χ1) is 12.2. The molecule has 4 heterocycles. The molecule has 9 heteroatoms. The van der Waals surface area contributed by atoms with E-state index < -0.39 is 4.92 Å². The van der Waals surface area contributed by atoms with Gasteiger partial charge in [-0.25, -0.2) is 0 Å². The Morgan fingerprint density at radius 2 is 2.24 bits per heavy atom. The molecule has 132 valence electrons. The monoisotopic (exact) mass is 361 g/mol. The lowest BCUT2D eigenvalue weighted by atomic mass is 10.1. The molecule has 0 radical (unpaired) electrons. The van der Waals surface area contributed by atoms with E-state index in [1.54, 1.807) is 17.8 Å². The number of anilines is 1. The molecule has 3 aromatic rings. The summed E-state index contributed by atoms with van der Waals surface area (Å²) < 4.78 is 7.13. The number of piperidine rings is 1. The third-order valence-corrected chi connectivity index (χ3v) is 5.33. The van der Waals surface area contributed by atoms with E-state index >= 15 is 0 Å². The zero-order chi connectivity index (χ0) is 17.2. The molecule has 1 aliphatic heterocycles. The van der Waals surface area contributed by atoms with Crippen LogP contribution in [-0.4, -0.2) is 38.8 Å². The average molecular weight is 361 g/mol. The van der Waals surface area contributed by atoms with Gasteiger partial charge in [-0.1, -0.05) is 17.8 Å². The summed E-state index contributed by atoms with van der Waals surface area (Å²) in [5, 5.41) is 16.4. The second kappa shape index (κ2) is 6.85. The van der Waals surface area contributed by atoms with Crippen LogP contribution in [0.1, 0.15) is 31.1 Å². The van der Waals surface area contributed by atoms with E-state index in [0.717, 1.165) is 31.7 Å². The van der Waals surface area contributed by atoms with Crippen LogP contribution in [-0.2, 0) is 0 Å². The normalized spacial score (nSPS) is 17.0. The van der Waals surface area contributed by atoms with E-state index in [1.165, 1.54) is 22.2 Å². The zero-order valence-electron chi connectivity index (χ0n) is 13.6. The van der Waals surface area contributed by atoms with Crippen LogP contribution in [0.15, 0.2) is 34.4 Å². The summed E-state index contributed by atoms with van der Waals surface area (Å²) in [7, 11) is 0. The van der Waals surface area contributed by atoms with Gasteiger partial charge in [-0.3, -0.25) is 4.90 Å². The molecule has 1 N–H and O–H groups in total. The average Bonchev–Trinajstić information content (AvgIpc) is 3.32. The van der Waals surface area contributed by atoms with Crippen LogP contribution in [0.5, 0.6) is 0 Å². The molecular formula is C16H19N5O3S. The molecule has 8 nitrogen and oxygen atoms in total. The number of furan rings is 1. The number of fused-ring (bicyclic) bond motifs is 1. The second-order valence-corrected chi connectivity index (χ2v) is 6.98. The first-order valence-corrected chi connectivity index (χ1v) is 9.23. The van der Waals surface area contributed by atoms with Crippen LogP contribution < -0.4 is 5.32 Å². The molecule has 4 rings (SSSR count). The van der Waals surface area contributed by atoms with E-state index in [0.29, 0.717) is 17.3 Å². The van der Waals surface area contributed by atoms with Gasteiger partial charge in [0.1, 0.15) is 12.0 Å². The molecule has 1 saturated heterocycles. The maximum absolute atomic E-state index is 11.5. The highest BCUT2D eigenvalue weighted by atomic mass is 32.1. The Morgan fingerprint density at radius 3 is 2.96 bits per heavy atom. The predicted molar refractivity (Wildman–Crippen MR) is 95.1 cm³/mol. The number of nitro groups is 1. The van der Waals surface area contributed by atoms with Gasteiger partial charge in [0.25, 0.3) is 4.96 Å². The van der Waals surface area contributed by atoms with Crippen molar-refractivity contribution in [2.75, 3.05) is 25.0 Å². The fourth-order valence-electron chi connectivity index (χ4n) is 3.38. The van der Waals surface area contributed by atoms with Crippen LogP contribution in [0, 0.1) is 10.1 Å². The van der Waals surface area contributed by atoms with Gasteiger partial charge in [0.05, 0.1) is 12.3 Å². The molecular weight excluding hydrogens is 342 g/mol. The number of rotatable bonds is 6. The van der Waals surface area contributed by atoms with Gasteiger partial charge < -0.3 is 19.8 Å². The highest BCUT2D eigenvalue weighted by Gasteiger charge is 2.28. The van der Waals surface area contributed by atoms with E-state index in [-0.39, 0.29) is 11.9 Å². The Balaban J connectivity index is 1.58. The molecule has 1 atom stereocenters. The van der Waals surface area contributed by atoms with Crippen molar-refractivity contribution in [3.63, 3.8) is 0 Å². The van der Waals surface area contributed by atoms with Gasteiger partial charge in [0.15, 0.2) is 0 Å². The number of imidazole rings is 1. The third-order valence-electron chi connectivity index (χ3n) is 4.58. The summed E-state index contributed by atoms with van der Waals surface area (Å²) in [4.78, 5) is 18.4. The molecule has 0 amide bonds. The Hall–Kier alpha value is -2.39. The van der Waals surface area contributed by atoms with Crippen LogP contribution in [0.3, 0.4) is 0 Å². The zero-order valence-corrected chi connectivity index (χ0v) is 14.4. The van der Waals surface area contributed by atoms with Crippen LogP contribution in [0.25, 0.3) is 4.96 Å². The lowest BCUT2D eigenvalue weighted by molar-refractivity contribution is -0.389. The Bertz CT molecular complexity index is 851. The number of hydrogen-bond donors (Lipinski definition) is 1. The molecule has 1 fully saturated rings. The Labute approximate surface area is 148 Å². The van der Waals surface area contributed by atoms with Crippen LogP contribution in [0.4, 0.5) is 11.6 Å². The van der Waals surface area contributed by atoms with Gasteiger partial charge in [0, 0.05) is 11.9 Å². The quantitative estimate of drug-likeness (QED) is 0.534. The summed E-state index contributed by atoms with van der Waals surface area (Å²) in [6.45, 7) is 2.53. The number of thiazole rings is 1. The Kier molecular flexibility index (Phi) is 4.41. The van der Waals surface area contributed by atoms with Crippen molar-refractivity contribution in [2.45, 2.75) is 25.3 Å². The summed E-state index contributed by atoms with van der Waals surface area (Å²) in [5.41, 5.74) is 0. The molecule has 1 aliphatic rings. The predicted octanol–water partition coefficient (Wildman–Crippen LogP) is 3.54. The minimum atomic E-state index is -0.391. The maximum atomic E-state index is 11.5. The minimum Gasteiger partial charge on any atom is -0.468 e. The molecule has 3 aromatic heterocycles. The van der Waals surface area contributed by atoms with Gasteiger partial charge >= 0.3 is 5.82 Å². The molecule has 0 bridgehead atoms. The Morgan fingerprint density at radius 1 is 1.40 bits per heavy atom. The first kappa shape index (κ1) is 16.1. The van der Waals surface area contributed by atoms with Crippen molar-refractivity contribution in [3.05, 3.63) is 45.8 Å². The fourth-order valence-corrected chi connectivity index (χ4v) is 4.09. The summed E-state index contributed by atoms with van der Waals surface area (Å²) in [5.74, 6) is 1.16. The van der Waals surface area contributed by atoms with Gasteiger partial charge in [-0.05, 0) is 43.0 Å². The van der Waals surface area contributed by atoms with Gasteiger partial charge in [-0.15, -0.1) is 0 Å². The molecule has 1 unspecified atom stereocenters. The van der Waals surface area contributed by atoms with Crippen molar-refractivity contribution in [2.24, 2.45) is 0 Å². The van der Waals surface area contributed by atoms with E-state index in [9.17, 15) is 10.1 Å². The number of aromatic nitrogens is 2. The summed E-state index contributed by atoms with van der Waals surface area (Å²) in [6.07, 6.45) is 6.92. The van der Waals surface area contributed by atoms with Crippen molar-refractivity contribution in [3.8, 4) is 0 Å². The standard InChI is InChI=1S/C16H19N5O3S/c22-21(23)15-14(18-16-20(15)8-10-25-16)17-11-12(13-5-4-9-24-13)19-6-2-1-3-7-19/h4-5,8-10,12,17H,1-3,6-7,11H2. The van der Waals surface area contributed by atoms with Gasteiger partial charge in [0.2, 0.25) is 5.82 Å². The molecule has 0 spiro atoms. The maximum Gasteiger partial charge on any atom is 0.372 e. The second-order valence-electron chi connectivity index (χ2n) is 6.11. The lowest BCUT2D eigenvalue weighted by Crippen LogP contribution is -2.37. The van der Waals surface area contributed by atoms with Crippen LogP contribution >= 0.6 is 11.3 Å². The summed E-state index contributed by atoms with van der Waals surface area (Å²) in [6, 6.07) is 3.87. The van der Waals surface area contributed by atoms with Crippen molar-refractivity contribution < 1.29 is 9.34 Å². The van der Waals surface area contributed by atoms with Crippen molar-refractivity contribution >= 4 is 27.9 Å². The highest BCUT2D eigenvalue weighted by Crippen LogP contribution is 2.30. The topological polar surface area (TPSA) is 88.8 Å². The number of likely N-dealkylation sites (tertiary alicyclic amines) is 1. The SMILES string of the molecule is O=[N+]([O-])c1c(NCC(c2ccco2)N2CCCCC2)nc2sccn12. The van der Waals surface area contributed by atoms with Gasteiger partial charge in [-0.2, -0.15) is 9.38 Å². The largest absolute Gasteiger partial charge is 0.468 e. The van der Waals surface area contributed by atoms with E-state index in [2.05, 4.69) is 15.2 Å².